The fourth-order valence-corrected chi connectivity index (χ4v) is 3.59. The second-order valence-corrected chi connectivity index (χ2v) is 6.77. The number of piperazine rings is 1. The molecule has 1 aliphatic rings. The fourth-order valence-electron chi connectivity index (χ4n) is 3.59. The van der Waals surface area contributed by atoms with Crippen molar-refractivity contribution >= 4 is 22.5 Å². The minimum atomic E-state index is 0.0943. The van der Waals surface area contributed by atoms with Gasteiger partial charge in [-0.1, -0.05) is 30.3 Å². The Kier molecular flexibility index (Phi) is 3.96. The first kappa shape index (κ1) is 15.8. The largest absolute Gasteiger partial charge is 0.368 e. The van der Waals surface area contributed by atoms with Crippen molar-refractivity contribution in [3.05, 3.63) is 65.4 Å². The number of fused-ring (bicyclic) bond motifs is 1. The SMILES string of the molecule is Cc1cccc(N2CCN(C(=O)c3cc4ccccc4[nH]3)CC2)c1C. The zero-order valence-electron chi connectivity index (χ0n) is 14.7. The Morgan fingerprint density at radius 1 is 0.960 bits per heavy atom. The Balaban J connectivity index is 1.48. The van der Waals surface area contributed by atoms with Crippen molar-refractivity contribution in [1.82, 2.24) is 9.88 Å². The molecular formula is C21H23N3O. The number of hydrogen-bond acceptors (Lipinski definition) is 2. The van der Waals surface area contributed by atoms with Crippen LogP contribution in [0.1, 0.15) is 21.6 Å². The van der Waals surface area contributed by atoms with E-state index in [1.54, 1.807) is 0 Å². The van der Waals surface area contributed by atoms with E-state index in [-0.39, 0.29) is 5.91 Å². The molecule has 0 saturated carbocycles. The van der Waals surface area contributed by atoms with Gasteiger partial charge in [0, 0.05) is 42.8 Å². The Hall–Kier alpha value is -2.75. The van der Waals surface area contributed by atoms with Gasteiger partial charge in [-0.15, -0.1) is 0 Å². The third-order valence-electron chi connectivity index (χ3n) is 5.24. The van der Waals surface area contributed by atoms with Crippen molar-refractivity contribution in [2.45, 2.75) is 13.8 Å². The monoisotopic (exact) mass is 333 g/mol. The van der Waals surface area contributed by atoms with Gasteiger partial charge in [-0.25, -0.2) is 0 Å². The first-order chi connectivity index (χ1) is 12.1. The molecule has 1 aliphatic heterocycles. The molecule has 128 valence electrons. The summed E-state index contributed by atoms with van der Waals surface area (Å²) < 4.78 is 0. The number of hydrogen-bond donors (Lipinski definition) is 1. The van der Waals surface area contributed by atoms with Crippen molar-refractivity contribution in [1.29, 1.82) is 0 Å². The number of benzene rings is 2. The molecule has 0 spiro atoms. The van der Waals surface area contributed by atoms with Gasteiger partial charge in [-0.05, 0) is 43.2 Å². The molecule has 1 fully saturated rings. The Bertz CT molecular complexity index is 887. The summed E-state index contributed by atoms with van der Waals surface area (Å²) in [6.07, 6.45) is 0. The smallest absolute Gasteiger partial charge is 0.270 e. The second-order valence-electron chi connectivity index (χ2n) is 6.77. The number of carbonyl (C=O) groups excluding carboxylic acids is 1. The minimum Gasteiger partial charge on any atom is -0.368 e. The molecule has 3 aromatic rings. The molecule has 1 aromatic heterocycles. The molecule has 0 bridgehead atoms. The van der Waals surface area contributed by atoms with Crippen LogP contribution >= 0.6 is 0 Å². The zero-order valence-corrected chi connectivity index (χ0v) is 14.7. The molecule has 0 aliphatic carbocycles. The van der Waals surface area contributed by atoms with Crippen LogP contribution in [-0.2, 0) is 0 Å². The number of rotatable bonds is 2. The Morgan fingerprint density at radius 2 is 1.72 bits per heavy atom. The van der Waals surface area contributed by atoms with Crippen LogP contribution in [0.25, 0.3) is 10.9 Å². The Morgan fingerprint density at radius 3 is 2.48 bits per heavy atom. The van der Waals surface area contributed by atoms with E-state index in [0.717, 1.165) is 37.1 Å². The van der Waals surface area contributed by atoms with E-state index in [0.29, 0.717) is 5.69 Å². The molecular weight excluding hydrogens is 310 g/mol. The van der Waals surface area contributed by atoms with Crippen molar-refractivity contribution in [2.75, 3.05) is 31.1 Å². The number of aryl methyl sites for hydroxylation is 1. The van der Waals surface area contributed by atoms with Gasteiger partial charge in [0.25, 0.3) is 5.91 Å². The molecule has 2 aromatic carbocycles. The van der Waals surface area contributed by atoms with Gasteiger partial charge in [0.05, 0.1) is 0 Å². The van der Waals surface area contributed by atoms with Gasteiger partial charge >= 0.3 is 0 Å². The molecule has 0 atom stereocenters. The number of para-hydroxylation sites is 1. The van der Waals surface area contributed by atoms with Gasteiger partial charge in [0.1, 0.15) is 5.69 Å². The van der Waals surface area contributed by atoms with Crippen LogP contribution in [0.3, 0.4) is 0 Å². The molecule has 2 heterocycles. The lowest BCUT2D eigenvalue weighted by atomic mass is 10.1. The Labute approximate surface area is 148 Å². The number of H-pyrrole nitrogens is 1. The molecule has 1 N–H and O–H groups in total. The molecule has 25 heavy (non-hydrogen) atoms. The zero-order chi connectivity index (χ0) is 17.4. The highest BCUT2D eigenvalue weighted by atomic mass is 16.2. The van der Waals surface area contributed by atoms with Gasteiger partial charge in [-0.3, -0.25) is 4.79 Å². The van der Waals surface area contributed by atoms with Crippen LogP contribution in [0, 0.1) is 13.8 Å². The first-order valence-electron chi connectivity index (χ1n) is 8.81. The number of amides is 1. The highest BCUT2D eigenvalue weighted by Gasteiger charge is 2.24. The maximum absolute atomic E-state index is 12.8. The third-order valence-corrected chi connectivity index (χ3v) is 5.24. The van der Waals surface area contributed by atoms with E-state index in [4.69, 9.17) is 0 Å². The summed E-state index contributed by atoms with van der Waals surface area (Å²) in [5, 5.41) is 1.08. The average Bonchev–Trinajstić information content (AvgIpc) is 3.08. The van der Waals surface area contributed by atoms with Crippen molar-refractivity contribution in [3.8, 4) is 0 Å². The second kappa shape index (κ2) is 6.28. The van der Waals surface area contributed by atoms with E-state index in [1.165, 1.54) is 16.8 Å². The van der Waals surface area contributed by atoms with Crippen molar-refractivity contribution in [3.63, 3.8) is 0 Å². The topological polar surface area (TPSA) is 39.3 Å². The summed E-state index contributed by atoms with van der Waals surface area (Å²) in [6, 6.07) is 16.4. The number of nitrogens with zero attached hydrogens (tertiary/aromatic N) is 2. The number of nitrogens with one attached hydrogen (secondary N) is 1. The van der Waals surface area contributed by atoms with E-state index >= 15 is 0 Å². The summed E-state index contributed by atoms with van der Waals surface area (Å²) in [5.41, 5.74) is 5.63. The highest BCUT2D eigenvalue weighted by molar-refractivity contribution is 5.98. The normalized spacial score (nSPS) is 15.0. The number of aromatic amines is 1. The molecule has 1 saturated heterocycles. The molecule has 1 amide bonds. The predicted octanol–water partition coefficient (Wildman–Crippen LogP) is 3.75. The standard InChI is InChI=1S/C21H23N3O/c1-15-6-5-9-20(16(15)2)23-10-12-24(13-11-23)21(25)19-14-17-7-3-4-8-18(17)22-19/h3-9,14,22H,10-13H2,1-2H3. The molecule has 4 heteroatoms. The van der Waals surface area contributed by atoms with Crippen LogP contribution in [-0.4, -0.2) is 42.0 Å². The van der Waals surface area contributed by atoms with E-state index in [9.17, 15) is 4.79 Å². The van der Waals surface area contributed by atoms with Gasteiger partial charge in [-0.2, -0.15) is 0 Å². The van der Waals surface area contributed by atoms with Crippen LogP contribution in [0.5, 0.6) is 0 Å². The average molecular weight is 333 g/mol. The lowest BCUT2D eigenvalue weighted by molar-refractivity contribution is 0.0742. The van der Waals surface area contributed by atoms with Crippen LogP contribution in [0.15, 0.2) is 48.5 Å². The van der Waals surface area contributed by atoms with Crippen LogP contribution in [0.2, 0.25) is 0 Å². The lowest BCUT2D eigenvalue weighted by Crippen LogP contribution is -2.49. The summed E-state index contributed by atoms with van der Waals surface area (Å²) in [5.74, 6) is 0.0943. The third kappa shape index (κ3) is 2.88. The van der Waals surface area contributed by atoms with Gasteiger partial charge < -0.3 is 14.8 Å². The van der Waals surface area contributed by atoms with Crippen molar-refractivity contribution < 1.29 is 4.79 Å². The number of carbonyl (C=O) groups is 1. The minimum absolute atomic E-state index is 0.0943. The van der Waals surface area contributed by atoms with Crippen LogP contribution in [0.4, 0.5) is 5.69 Å². The maximum Gasteiger partial charge on any atom is 0.270 e. The van der Waals surface area contributed by atoms with E-state index in [2.05, 4.69) is 41.9 Å². The predicted molar refractivity (Wildman–Crippen MR) is 102 cm³/mol. The summed E-state index contributed by atoms with van der Waals surface area (Å²) in [4.78, 5) is 20.4. The lowest BCUT2D eigenvalue weighted by Gasteiger charge is -2.36. The van der Waals surface area contributed by atoms with Crippen molar-refractivity contribution in [2.24, 2.45) is 0 Å². The first-order valence-corrected chi connectivity index (χ1v) is 8.81. The van der Waals surface area contributed by atoms with E-state index in [1.807, 2.05) is 35.2 Å². The summed E-state index contributed by atoms with van der Waals surface area (Å²) in [7, 11) is 0. The molecule has 4 rings (SSSR count). The highest BCUT2D eigenvalue weighted by Crippen LogP contribution is 2.24. The molecule has 0 radical (unpaired) electrons. The number of aromatic nitrogens is 1. The summed E-state index contributed by atoms with van der Waals surface area (Å²) in [6.45, 7) is 7.57. The number of anilines is 1. The van der Waals surface area contributed by atoms with Crippen LogP contribution < -0.4 is 4.90 Å². The van der Waals surface area contributed by atoms with Gasteiger partial charge in [0.15, 0.2) is 0 Å². The molecule has 0 unspecified atom stereocenters. The maximum atomic E-state index is 12.8. The fraction of sp³-hybridized carbons (Fsp3) is 0.286. The summed E-state index contributed by atoms with van der Waals surface area (Å²) >= 11 is 0. The quantitative estimate of drug-likeness (QED) is 0.776. The van der Waals surface area contributed by atoms with Gasteiger partial charge in [0.2, 0.25) is 0 Å². The van der Waals surface area contributed by atoms with E-state index < -0.39 is 0 Å². The molecule has 4 nitrogen and oxygen atoms in total.